The Labute approximate surface area is 112 Å². The molecular formula is C15H17NO3. The third-order valence-electron chi connectivity index (χ3n) is 2.97. The first kappa shape index (κ1) is 13.5. The summed E-state index contributed by atoms with van der Waals surface area (Å²) in [6.07, 6.45) is 3.40. The molecule has 1 aliphatic heterocycles. The van der Waals surface area contributed by atoms with Crippen LogP contribution in [0.5, 0.6) is 0 Å². The van der Waals surface area contributed by atoms with Crippen molar-refractivity contribution in [2.24, 2.45) is 0 Å². The number of benzene rings is 1. The molecular weight excluding hydrogens is 242 g/mol. The monoisotopic (exact) mass is 259 g/mol. The summed E-state index contributed by atoms with van der Waals surface area (Å²) in [6.45, 7) is 2.30. The fourth-order valence-electron chi connectivity index (χ4n) is 2.04. The summed E-state index contributed by atoms with van der Waals surface area (Å²) in [5.41, 5.74) is 1.09. The van der Waals surface area contributed by atoms with E-state index in [4.69, 9.17) is 4.74 Å². The number of carbonyl (C=O) groups excluding carboxylic acids is 2. The molecule has 0 bridgehead atoms. The highest BCUT2D eigenvalue weighted by Crippen LogP contribution is 2.15. The molecule has 0 radical (unpaired) electrons. The van der Waals surface area contributed by atoms with Gasteiger partial charge in [-0.3, -0.25) is 9.59 Å². The molecule has 0 saturated heterocycles. The summed E-state index contributed by atoms with van der Waals surface area (Å²) < 4.78 is 5.36. The molecule has 1 heterocycles. The van der Waals surface area contributed by atoms with E-state index in [9.17, 15) is 9.59 Å². The van der Waals surface area contributed by atoms with Gasteiger partial charge in [0.05, 0.1) is 0 Å². The Hall–Kier alpha value is -1.94. The van der Waals surface area contributed by atoms with Gasteiger partial charge in [-0.25, -0.2) is 4.90 Å². The molecule has 2 amide bonds. The average Bonchev–Trinajstić information content (AvgIpc) is 2.79. The highest BCUT2D eigenvalue weighted by atomic mass is 16.5. The van der Waals surface area contributed by atoms with Crippen molar-refractivity contribution in [1.29, 1.82) is 0 Å². The minimum atomic E-state index is -0.541. The Bertz CT molecular complexity index is 481. The quantitative estimate of drug-likeness (QED) is 0.811. The van der Waals surface area contributed by atoms with E-state index in [0.717, 1.165) is 5.56 Å². The van der Waals surface area contributed by atoms with Gasteiger partial charge in [0.15, 0.2) is 6.23 Å². The molecule has 1 aliphatic rings. The van der Waals surface area contributed by atoms with Gasteiger partial charge in [0.1, 0.15) is 0 Å². The van der Waals surface area contributed by atoms with Crippen LogP contribution in [0, 0.1) is 0 Å². The summed E-state index contributed by atoms with van der Waals surface area (Å²) in [7, 11) is 0. The van der Waals surface area contributed by atoms with E-state index in [2.05, 4.69) is 0 Å². The van der Waals surface area contributed by atoms with Gasteiger partial charge in [0.25, 0.3) is 5.91 Å². The van der Waals surface area contributed by atoms with Gasteiger partial charge >= 0.3 is 0 Å². The lowest BCUT2D eigenvalue weighted by atomic mass is 10.1. The lowest BCUT2D eigenvalue weighted by Crippen LogP contribution is -2.40. The van der Waals surface area contributed by atoms with Crippen LogP contribution in [0.1, 0.15) is 18.9 Å². The zero-order valence-electron chi connectivity index (χ0n) is 10.9. The lowest BCUT2D eigenvalue weighted by Gasteiger charge is -2.22. The van der Waals surface area contributed by atoms with E-state index >= 15 is 0 Å². The van der Waals surface area contributed by atoms with Gasteiger partial charge in [-0.1, -0.05) is 30.3 Å². The number of rotatable bonds is 5. The average molecular weight is 259 g/mol. The van der Waals surface area contributed by atoms with Crippen LogP contribution in [0.4, 0.5) is 0 Å². The molecule has 4 heteroatoms. The molecule has 0 N–H and O–H groups in total. The summed E-state index contributed by atoms with van der Waals surface area (Å²) in [5, 5.41) is 0. The van der Waals surface area contributed by atoms with Crippen molar-refractivity contribution in [1.82, 2.24) is 4.90 Å². The third kappa shape index (κ3) is 3.29. The minimum Gasteiger partial charge on any atom is -0.354 e. The number of amides is 2. The van der Waals surface area contributed by atoms with Crippen molar-refractivity contribution in [2.45, 2.75) is 26.0 Å². The van der Waals surface area contributed by atoms with Crippen molar-refractivity contribution in [3.8, 4) is 0 Å². The molecule has 1 unspecified atom stereocenters. The normalized spacial score (nSPS) is 18.1. The number of hydrogen-bond donors (Lipinski definition) is 0. The third-order valence-corrected chi connectivity index (χ3v) is 2.97. The van der Waals surface area contributed by atoms with E-state index in [0.29, 0.717) is 19.4 Å². The van der Waals surface area contributed by atoms with Gasteiger partial charge in [-0.15, -0.1) is 0 Å². The van der Waals surface area contributed by atoms with E-state index < -0.39 is 6.23 Å². The van der Waals surface area contributed by atoms with Gasteiger partial charge in [-0.2, -0.15) is 0 Å². The van der Waals surface area contributed by atoms with Crippen molar-refractivity contribution in [2.75, 3.05) is 6.61 Å². The summed E-state index contributed by atoms with van der Waals surface area (Å²) in [5.74, 6) is -0.492. The topological polar surface area (TPSA) is 46.6 Å². The highest BCUT2D eigenvalue weighted by molar-refractivity contribution is 6.03. The van der Waals surface area contributed by atoms with Crippen LogP contribution in [-0.2, 0) is 20.7 Å². The van der Waals surface area contributed by atoms with E-state index in [1.807, 2.05) is 37.3 Å². The van der Waals surface area contributed by atoms with Crippen LogP contribution in [0.3, 0.4) is 0 Å². The molecule has 19 heavy (non-hydrogen) atoms. The molecule has 0 aromatic heterocycles. The van der Waals surface area contributed by atoms with Gasteiger partial charge < -0.3 is 4.74 Å². The molecule has 1 aromatic carbocycles. The second-order valence-electron chi connectivity index (χ2n) is 4.29. The van der Waals surface area contributed by atoms with Crippen molar-refractivity contribution in [3.63, 3.8) is 0 Å². The van der Waals surface area contributed by atoms with Gasteiger partial charge in [0.2, 0.25) is 5.91 Å². The Balaban J connectivity index is 1.94. The lowest BCUT2D eigenvalue weighted by molar-refractivity contribution is -0.151. The van der Waals surface area contributed by atoms with E-state index in [-0.39, 0.29) is 11.8 Å². The SMILES string of the molecule is CCOC1C=CC(=O)N1C(=O)CCc1ccccc1. The summed E-state index contributed by atoms with van der Waals surface area (Å²) in [6, 6.07) is 9.75. The summed E-state index contributed by atoms with van der Waals surface area (Å²) >= 11 is 0. The van der Waals surface area contributed by atoms with Crippen LogP contribution < -0.4 is 0 Å². The first-order chi connectivity index (χ1) is 9.22. The Morgan fingerprint density at radius 2 is 2.05 bits per heavy atom. The standard InChI is InChI=1S/C15H17NO3/c1-2-19-15-11-10-14(18)16(15)13(17)9-8-12-6-4-3-5-7-12/h3-7,10-11,15H,2,8-9H2,1H3. The molecule has 0 fully saturated rings. The molecule has 0 saturated carbocycles. The van der Waals surface area contributed by atoms with Gasteiger partial charge in [-0.05, 0) is 25.0 Å². The fraction of sp³-hybridized carbons (Fsp3) is 0.333. The number of carbonyl (C=O) groups is 2. The number of imide groups is 1. The number of ether oxygens (including phenoxy) is 1. The number of aryl methyl sites for hydroxylation is 1. The minimum absolute atomic E-state index is 0.197. The zero-order chi connectivity index (χ0) is 13.7. The number of nitrogens with zero attached hydrogens (tertiary/aromatic N) is 1. The fourth-order valence-corrected chi connectivity index (χ4v) is 2.04. The molecule has 1 aromatic rings. The molecule has 1 atom stereocenters. The van der Waals surface area contributed by atoms with E-state index in [1.54, 1.807) is 6.08 Å². The second-order valence-corrected chi connectivity index (χ2v) is 4.29. The highest BCUT2D eigenvalue weighted by Gasteiger charge is 2.31. The van der Waals surface area contributed by atoms with Crippen molar-refractivity contribution < 1.29 is 14.3 Å². The molecule has 0 aliphatic carbocycles. The molecule has 4 nitrogen and oxygen atoms in total. The first-order valence-corrected chi connectivity index (χ1v) is 6.42. The Morgan fingerprint density at radius 3 is 2.74 bits per heavy atom. The maximum absolute atomic E-state index is 12.1. The zero-order valence-corrected chi connectivity index (χ0v) is 10.9. The van der Waals surface area contributed by atoms with E-state index in [1.165, 1.54) is 11.0 Å². The maximum Gasteiger partial charge on any atom is 0.255 e. The van der Waals surface area contributed by atoms with Crippen LogP contribution >= 0.6 is 0 Å². The Morgan fingerprint density at radius 1 is 1.32 bits per heavy atom. The van der Waals surface area contributed by atoms with Crippen molar-refractivity contribution in [3.05, 3.63) is 48.0 Å². The van der Waals surface area contributed by atoms with Crippen molar-refractivity contribution >= 4 is 11.8 Å². The largest absolute Gasteiger partial charge is 0.354 e. The smallest absolute Gasteiger partial charge is 0.255 e. The van der Waals surface area contributed by atoms with Crippen LogP contribution in [-0.4, -0.2) is 29.5 Å². The molecule has 0 spiro atoms. The predicted molar refractivity (Wildman–Crippen MR) is 71.2 cm³/mol. The van der Waals surface area contributed by atoms with Gasteiger partial charge in [0, 0.05) is 19.1 Å². The first-order valence-electron chi connectivity index (χ1n) is 6.42. The van der Waals surface area contributed by atoms with Crippen LogP contribution in [0.2, 0.25) is 0 Å². The second kappa shape index (κ2) is 6.29. The van der Waals surface area contributed by atoms with Crippen LogP contribution in [0.15, 0.2) is 42.5 Å². The maximum atomic E-state index is 12.1. The Kier molecular flexibility index (Phi) is 4.47. The summed E-state index contributed by atoms with van der Waals surface area (Å²) in [4.78, 5) is 24.9. The van der Waals surface area contributed by atoms with Crippen LogP contribution in [0.25, 0.3) is 0 Å². The predicted octanol–water partition coefficient (Wildman–Crippen LogP) is 1.91. The number of hydrogen-bond acceptors (Lipinski definition) is 3. The molecule has 2 rings (SSSR count). The molecule has 100 valence electrons.